The first-order valence-electron chi connectivity index (χ1n) is 7.66. The van der Waals surface area contributed by atoms with Gasteiger partial charge >= 0.3 is 0 Å². The van der Waals surface area contributed by atoms with E-state index in [-0.39, 0.29) is 28.0 Å². The van der Waals surface area contributed by atoms with Gasteiger partial charge in [0.15, 0.2) is 0 Å². The Morgan fingerprint density at radius 3 is 1.40 bits per heavy atom. The lowest BCUT2D eigenvalue weighted by Crippen LogP contribution is -2.16. The van der Waals surface area contributed by atoms with Crippen LogP contribution < -0.4 is 10.6 Å². The molecule has 0 atom stereocenters. The Morgan fingerprint density at radius 2 is 1.00 bits per heavy atom. The summed E-state index contributed by atoms with van der Waals surface area (Å²) in [7, 11) is 0. The molecule has 25 heavy (non-hydrogen) atoms. The minimum atomic E-state index is -0.370. The smallest absolute Gasteiger partial charge is 0.257 e. The summed E-state index contributed by atoms with van der Waals surface area (Å²) >= 11 is 6.31. The van der Waals surface area contributed by atoms with Crippen LogP contribution in [0.4, 0.5) is 11.4 Å². The first kappa shape index (κ1) is 16.7. The number of hydrogen-bond donors (Lipinski definition) is 2. The Bertz CT molecular complexity index is 824. The number of benzene rings is 3. The highest BCUT2D eigenvalue weighted by molar-refractivity contribution is 6.38. The molecule has 0 fully saturated rings. The maximum absolute atomic E-state index is 12.4. The van der Waals surface area contributed by atoms with Crippen molar-refractivity contribution in [3.05, 3.63) is 95.0 Å². The SMILES string of the molecule is O=C(Nc1ccccc1)c1cccc(C(=O)Nc2ccccc2)c1Cl. The van der Waals surface area contributed by atoms with Crippen molar-refractivity contribution in [2.75, 3.05) is 10.6 Å². The standard InChI is InChI=1S/C20H15ClN2O2/c21-18-16(19(24)22-14-8-3-1-4-9-14)12-7-13-17(18)20(25)23-15-10-5-2-6-11-15/h1-13H,(H,22,24)(H,23,25). The summed E-state index contributed by atoms with van der Waals surface area (Å²) in [4.78, 5) is 24.9. The number of rotatable bonds is 4. The molecular weight excluding hydrogens is 336 g/mol. The van der Waals surface area contributed by atoms with E-state index in [1.165, 1.54) is 0 Å². The van der Waals surface area contributed by atoms with Gasteiger partial charge in [0.2, 0.25) is 0 Å². The minimum absolute atomic E-state index is 0.115. The first-order valence-corrected chi connectivity index (χ1v) is 8.04. The van der Waals surface area contributed by atoms with E-state index in [9.17, 15) is 9.59 Å². The fourth-order valence-electron chi connectivity index (χ4n) is 2.32. The van der Waals surface area contributed by atoms with Crippen molar-refractivity contribution in [1.82, 2.24) is 0 Å². The number of nitrogens with one attached hydrogen (secondary N) is 2. The zero-order valence-corrected chi connectivity index (χ0v) is 14.0. The molecule has 2 N–H and O–H groups in total. The molecule has 5 heteroatoms. The molecule has 0 spiro atoms. The maximum Gasteiger partial charge on any atom is 0.257 e. The Kier molecular flexibility index (Phi) is 5.11. The summed E-state index contributed by atoms with van der Waals surface area (Å²) in [6, 6.07) is 22.9. The van der Waals surface area contributed by atoms with E-state index in [2.05, 4.69) is 10.6 Å². The van der Waals surface area contributed by atoms with Crippen LogP contribution in [0.15, 0.2) is 78.9 Å². The molecule has 2 amide bonds. The van der Waals surface area contributed by atoms with Crippen molar-refractivity contribution >= 4 is 34.8 Å². The predicted octanol–water partition coefficient (Wildman–Crippen LogP) is 4.84. The zero-order chi connectivity index (χ0) is 17.6. The van der Waals surface area contributed by atoms with E-state index in [4.69, 9.17) is 11.6 Å². The molecule has 3 rings (SSSR count). The highest BCUT2D eigenvalue weighted by Gasteiger charge is 2.18. The Hall–Kier alpha value is -3.11. The summed E-state index contributed by atoms with van der Waals surface area (Å²) in [5.74, 6) is -0.740. The lowest BCUT2D eigenvalue weighted by atomic mass is 10.1. The van der Waals surface area contributed by atoms with Gasteiger partial charge in [0, 0.05) is 11.4 Å². The van der Waals surface area contributed by atoms with E-state index in [0.717, 1.165) is 0 Å². The number of carbonyl (C=O) groups excluding carboxylic acids is 2. The molecule has 0 saturated carbocycles. The van der Waals surface area contributed by atoms with Crippen LogP contribution in [0.5, 0.6) is 0 Å². The van der Waals surface area contributed by atoms with Crippen LogP contribution in [-0.2, 0) is 0 Å². The zero-order valence-electron chi connectivity index (χ0n) is 13.2. The van der Waals surface area contributed by atoms with Crippen LogP contribution in [-0.4, -0.2) is 11.8 Å². The monoisotopic (exact) mass is 350 g/mol. The van der Waals surface area contributed by atoms with Gasteiger partial charge in [-0.3, -0.25) is 9.59 Å². The van der Waals surface area contributed by atoms with Crippen LogP contribution in [0.2, 0.25) is 5.02 Å². The molecule has 4 nitrogen and oxygen atoms in total. The molecule has 0 aliphatic heterocycles. The third kappa shape index (κ3) is 4.05. The topological polar surface area (TPSA) is 58.2 Å². The molecule has 3 aromatic rings. The van der Waals surface area contributed by atoms with Gasteiger partial charge < -0.3 is 10.6 Å². The molecule has 0 aliphatic rings. The minimum Gasteiger partial charge on any atom is -0.322 e. The molecule has 0 saturated heterocycles. The van der Waals surface area contributed by atoms with Gasteiger partial charge in [-0.15, -0.1) is 0 Å². The second-order valence-corrected chi connectivity index (χ2v) is 5.69. The van der Waals surface area contributed by atoms with Crippen molar-refractivity contribution in [2.24, 2.45) is 0 Å². The molecule has 0 unspecified atom stereocenters. The molecule has 0 aromatic heterocycles. The average molecular weight is 351 g/mol. The van der Waals surface area contributed by atoms with E-state index in [1.54, 1.807) is 42.5 Å². The fraction of sp³-hybridized carbons (Fsp3) is 0. The third-order valence-corrected chi connectivity index (χ3v) is 3.96. The Labute approximate surface area is 150 Å². The van der Waals surface area contributed by atoms with E-state index in [0.29, 0.717) is 11.4 Å². The Morgan fingerprint density at radius 1 is 0.600 bits per heavy atom. The lowest BCUT2D eigenvalue weighted by Gasteiger charge is -2.11. The first-order chi connectivity index (χ1) is 12.1. The van der Waals surface area contributed by atoms with Gasteiger partial charge in [0.1, 0.15) is 0 Å². The van der Waals surface area contributed by atoms with Crippen LogP contribution in [0.3, 0.4) is 0 Å². The highest BCUT2D eigenvalue weighted by Crippen LogP contribution is 2.23. The largest absolute Gasteiger partial charge is 0.322 e. The normalized spacial score (nSPS) is 10.1. The summed E-state index contributed by atoms with van der Waals surface area (Å²) in [5.41, 5.74) is 1.79. The number of anilines is 2. The van der Waals surface area contributed by atoms with E-state index >= 15 is 0 Å². The van der Waals surface area contributed by atoms with Gasteiger partial charge in [0.05, 0.1) is 16.1 Å². The molecule has 3 aromatic carbocycles. The summed E-state index contributed by atoms with van der Waals surface area (Å²) in [6.45, 7) is 0. The summed E-state index contributed by atoms with van der Waals surface area (Å²) in [5, 5.41) is 5.63. The Balaban J connectivity index is 1.82. The molecule has 0 aliphatic carbocycles. The van der Waals surface area contributed by atoms with E-state index in [1.807, 2.05) is 36.4 Å². The number of hydrogen-bond acceptors (Lipinski definition) is 2. The molecule has 0 heterocycles. The van der Waals surface area contributed by atoms with Gasteiger partial charge in [-0.25, -0.2) is 0 Å². The van der Waals surface area contributed by atoms with Gasteiger partial charge in [0.25, 0.3) is 11.8 Å². The number of para-hydroxylation sites is 2. The van der Waals surface area contributed by atoms with Crippen LogP contribution in [0.1, 0.15) is 20.7 Å². The van der Waals surface area contributed by atoms with Crippen molar-refractivity contribution in [1.29, 1.82) is 0 Å². The summed E-state index contributed by atoms with van der Waals surface area (Å²) in [6.07, 6.45) is 0. The van der Waals surface area contributed by atoms with Gasteiger partial charge in [-0.1, -0.05) is 54.1 Å². The maximum atomic E-state index is 12.4. The second kappa shape index (κ2) is 7.64. The quantitative estimate of drug-likeness (QED) is 0.707. The number of halogens is 1. The molecule has 124 valence electrons. The molecular formula is C20H15ClN2O2. The average Bonchev–Trinajstić information content (AvgIpc) is 2.63. The lowest BCUT2D eigenvalue weighted by molar-refractivity contribution is 0.102. The number of carbonyl (C=O) groups is 2. The molecule has 0 radical (unpaired) electrons. The van der Waals surface area contributed by atoms with Crippen LogP contribution >= 0.6 is 11.6 Å². The summed E-state index contributed by atoms with van der Waals surface area (Å²) < 4.78 is 0. The highest BCUT2D eigenvalue weighted by atomic mass is 35.5. The third-order valence-electron chi connectivity index (χ3n) is 3.55. The van der Waals surface area contributed by atoms with Crippen LogP contribution in [0, 0.1) is 0 Å². The van der Waals surface area contributed by atoms with Crippen molar-refractivity contribution in [2.45, 2.75) is 0 Å². The van der Waals surface area contributed by atoms with Gasteiger partial charge in [-0.2, -0.15) is 0 Å². The van der Waals surface area contributed by atoms with Crippen molar-refractivity contribution in [3.63, 3.8) is 0 Å². The van der Waals surface area contributed by atoms with E-state index < -0.39 is 0 Å². The molecule has 0 bridgehead atoms. The van der Waals surface area contributed by atoms with Crippen LogP contribution in [0.25, 0.3) is 0 Å². The van der Waals surface area contributed by atoms with Crippen molar-refractivity contribution in [3.8, 4) is 0 Å². The predicted molar refractivity (Wildman–Crippen MR) is 100 cm³/mol. The van der Waals surface area contributed by atoms with Gasteiger partial charge in [-0.05, 0) is 36.4 Å². The van der Waals surface area contributed by atoms with Crippen molar-refractivity contribution < 1.29 is 9.59 Å². The second-order valence-electron chi connectivity index (χ2n) is 5.31. The fourth-order valence-corrected chi connectivity index (χ4v) is 2.62. The number of amides is 2.